The highest BCUT2D eigenvalue weighted by Crippen LogP contribution is 2.27. The molecule has 0 aliphatic rings. The zero-order chi connectivity index (χ0) is 17.0. The van der Waals surface area contributed by atoms with Crippen LogP contribution in [0.25, 0.3) is 10.9 Å². The van der Waals surface area contributed by atoms with Crippen LogP contribution in [0.15, 0.2) is 30.5 Å². The van der Waals surface area contributed by atoms with Crippen LogP contribution in [0, 0.1) is 0 Å². The maximum Gasteiger partial charge on any atom is 0.121 e. The molecule has 2 N–H and O–H groups in total. The molecule has 2 rings (SSSR count). The van der Waals surface area contributed by atoms with Gasteiger partial charge >= 0.3 is 0 Å². The lowest BCUT2D eigenvalue weighted by Gasteiger charge is -2.11. The van der Waals surface area contributed by atoms with E-state index in [1.54, 1.807) is 7.11 Å². The third kappa shape index (κ3) is 6.00. The fraction of sp³-hybridized carbons (Fsp3) is 0.550. The second-order valence-corrected chi connectivity index (χ2v) is 6.19. The minimum Gasteiger partial charge on any atom is -0.497 e. The Balaban J connectivity index is 1.70. The van der Waals surface area contributed by atoms with Crippen LogP contribution < -0.4 is 15.4 Å². The van der Waals surface area contributed by atoms with Crippen molar-refractivity contribution < 1.29 is 4.74 Å². The van der Waals surface area contributed by atoms with E-state index in [-0.39, 0.29) is 0 Å². The number of benzene rings is 1. The monoisotopic (exact) mass is 329 g/mol. The summed E-state index contributed by atoms with van der Waals surface area (Å²) in [5.41, 5.74) is 2.07. The van der Waals surface area contributed by atoms with Crippen LogP contribution in [0.4, 0.5) is 5.69 Å². The minimum atomic E-state index is 0.870. The number of fused-ring (bicyclic) bond motifs is 1. The molecule has 0 bridgehead atoms. The van der Waals surface area contributed by atoms with Crippen molar-refractivity contribution in [1.29, 1.82) is 0 Å². The number of unbranched alkanes of at least 4 members (excludes halogenated alkanes) is 4. The first kappa shape index (κ1) is 18.5. The molecule has 2 aromatic rings. The van der Waals surface area contributed by atoms with Crippen LogP contribution in [-0.4, -0.2) is 31.7 Å². The maximum absolute atomic E-state index is 5.39. The minimum absolute atomic E-state index is 0.870. The van der Waals surface area contributed by atoms with Gasteiger partial charge in [-0.2, -0.15) is 0 Å². The molecule has 1 heterocycles. The van der Waals surface area contributed by atoms with Crippen LogP contribution in [0.3, 0.4) is 0 Å². The Morgan fingerprint density at radius 2 is 1.79 bits per heavy atom. The Hall–Kier alpha value is -1.81. The summed E-state index contributed by atoms with van der Waals surface area (Å²) in [7, 11) is 1.70. The van der Waals surface area contributed by atoms with Crippen molar-refractivity contribution >= 4 is 16.6 Å². The molecule has 1 aromatic heterocycles. The first-order valence-electron chi connectivity index (χ1n) is 9.22. The SMILES string of the molecule is CCCCCNCCCCCNc1cc(OC)cc2cccnc12. The number of hydrogen-bond donors (Lipinski definition) is 2. The lowest BCUT2D eigenvalue weighted by Crippen LogP contribution is -2.16. The molecule has 1 aromatic carbocycles. The van der Waals surface area contributed by atoms with Crippen molar-refractivity contribution in [1.82, 2.24) is 10.3 Å². The van der Waals surface area contributed by atoms with E-state index in [1.807, 2.05) is 24.4 Å². The number of pyridine rings is 1. The predicted octanol–water partition coefficient (Wildman–Crippen LogP) is 4.61. The number of aromatic nitrogens is 1. The van der Waals surface area contributed by atoms with Gasteiger partial charge in [-0.15, -0.1) is 0 Å². The Morgan fingerprint density at radius 3 is 2.58 bits per heavy atom. The van der Waals surface area contributed by atoms with Gasteiger partial charge in [-0.1, -0.05) is 32.3 Å². The number of hydrogen-bond acceptors (Lipinski definition) is 4. The fourth-order valence-electron chi connectivity index (χ4n) is 2.82. The topological polar surface area (TPSA) is 46.2 Å². The summed E-state index contributed by atoms with van der Waals surface area (Å²) in [6.45, 7) is 5.50. The van der Waals surface area contributed by atoms with Gasteiger partial charge < -0.3 is 15.4 Å². The van der Waals surface area contributed by atoms with Crippen molar-refractivity contribution in [2.75, 3.05) is 32.1 Å². The van der Waals surface area contributed by atoms with Crippen molar-refractivity contribution in [3.8, 4) is 5.75 Å². The van der Waals surface area contributed by atoms with Crippen molar-refractivity contribution in [3.05, 3.63) is 30.5 Å². The molecule has 4 heteroatoms. The molecule has 132 valence electrons. The zero-order valence-electron chi connectivity index (χ0n) is 15.1. The molecule has 0 aliphatic carbocycles. The Morgan fingerprint density at radius 1 is 1.00 bits per heavy atom. The first-order chi connectivity index (χ1) is 11.8. The van der Waals surface area contributed by atoms with E-state index in [1.165, 1.54) is 38.5 Å². The predicted molar refractivity (Wildman–Crippen MR) is 103 cm³/mol. The van der Waals surface area contributed by atoms with Gasteiger partial charge in [-0.05, 0) is 44.5 Å². The van der Waals surface area contributed by atoms with Gasteiger partial charge in [0.2, 0.25) is 0 Å². The summed E-state index contributed by atoms with van der Waals surface area (Å²) in [6.07, 6.45) is 9.41. The number of nitrogens with zero attached hydrogens (tertiary/aromatic N) is 1. The quantitative estimate of drug-likeness (QED) is 0.558. The van der Waals surface area contributed by atoms with Crippen LogP contribution in [0.1, 0.15) is 45.4 Å². The van der Waals surface area contributed by atoms with E-state index < -0.39 is 0 Å². The average Bonchev–Trinajstić information content (AvgIpc) is 2.62. The van der Waals surface area contributed by atoms with Gasteiger partial charge in [0.15, 0.2) is 0 Å². The van der Waals surface area contributed by atoms with Gasteiger partial charge in [0, 0.05) is 24.2 Å². The highest BCUT2D eigenvalue weighted by molar-refractivity contribution is 5.91. The van der Waals surface area contributed by atoms with Crippen LogP contribution in [0.5, 0.6) is 5.75 Å². The summed E-state index contributed by atoms with van der Waals surface area (Å²) in [5, 5.41) is 8.15. The van der Waals surface area contributed by atoms with Gasteiger partial charge in [0.25, 0.3) is 0 Å². The summed E-state index contributed by atoms with van der Waals surface area (Å²) in [4.78, 5) is 4.49. The van der Waals surface area contributed by atoms with Crippen LogP contribution in [0.2, 0.25) is 0 Å². The molecule has 0 aliphatic heterocycles. The molecule has 0 fully saturated rings. The van der Waals surface area contributed by atoms with Crippen molar-refractivity contribution in [3.63, 3.8) is 0 Å². The first-order valence-corrected chi connectivity index (χ1v) is 9.22. The third-order valence-corrected chi connectivity index (χ3v) is 4.22. The largest absolute Gasteiger partial charge is 0.497 e. The molecule has 0 saturated carbocycles. The van der Waals surface area contributed by atoms with Gasteiger partial charge in [-0.3, -0.25) is 4.98 Å². The zero-order valence-corrected chi connectivity index (χ0v) is 15.1. The van der Waals surface area contributed by atoms with Gasteiger partial charge in [-0.25, -0.2) is 0 Å². The summed E-state index contributed by atoms with van der Waals surface area (Å²) >= 11 is 0. The average molecular weight is 329 g/mol. The van der Waals surface area contributed by atoms with Crippen molar-refractivity contribution in [2.24, 2.45) is 0 Å². The standard InChI is InChI=1S/C20H31N3O/c1-3-4-6-11-21-12-7-5-8-13-22-19-16-18(24-2)15-17-10-9-14-23-20(17)19/h9-10,14-16,21-22H,3-8,11-13H2,1-2H3. The summed E-state index contributed by atoms with van der Waals surface area (Å²) in [6, 6.07) is 8.08. The van der Waals surface area contributed by atoms with E-state index in [0.717, 1.165) is 42.0 Å². The molecule has 0 atom stereocenters. The van der Waals surface area contributed by atoms with Gasteiger partial charge in [0.05, 0.1) is 18.3 Å². The summed E-state index contributed by atoms with van der Waals surface area (Å²) < 4.78 is 5.39. The molecule has 0 saturated heterocycles. The van der Waals surface area contributed by atoms with Crippen LogP contribution in [-0.2, 0) is 0 Å². The lowest BCUT2D eigenvalue weighted by atomic mass is 10.1. The Kier molecular flexibility index (Phi) is 8.39. The molecule has 0 amide bonds. The summed E-state index contributed by atoms with van der Waals surface area (Å²) in [5.74, 6) is 0.870. The second-order valence-electron chi connectivity index (χ2n) is 6.19. The number of methoxy groups -OCH3 is 1. The molecular formula is C20H31N3O. The highest BCUT2D eigenvalue weighted by atomic mass is 16.5. The number of ether oxygens (including phenoxy) is 1. The second kappa shape index (κ2) is 10.9. The lowest BCUT2D eigenvalue weighted by molar-refractivity contribution is 0.415. The fourth-order valence-corrected chi connectivity index (χ4v) is 2.82. The number of anilines is 1. The molecule has 0 radical (unpaired) electrons. The van der Waals surface area contributed by atoms with E-state index in [9.17, 15) is 0 Å². The molecule has 4 nitrogen and oxygen atoms in total. The van der Waals surface area contributed by atoms with Gasteiger partial charge in [0.1, 0.15) is 5.75 Å². The van der Waals surface area contributed by atoms with E-state index in [4.69, 9.17) is 4.74 Å². The molecule has 0 spiro atoms. The highest BCUT2D eigenvalue weighted by Gasteiger charge is 2.05. The molecule has 24 heavy (non-hydrogen) atoms. The van der Waals surface area contributed by atoms with Crippen molar-refractivity contribution in [2.45, 2.75) is 45.4 Å². The Bertz CT molecular complexity index is 600. The number of rotatable bonds is 12. The molecular weight excluding hydrogens is 298 g/mol. The van der Waals surface area contributed by atoms with E-state index in [0.29, 0.717) is 0 Å². The number of nitrogens with one attached hydrogen (secondary N) is 2. The van der Waals surface area contributed by atoms with Crippen LogP contribution >= 0.6 is 0 Å². The normalized spacial score (nSPS) is 10.9. The Labute approximate surface area is 146 Å². The smallest absolute Gasteiger partial charge is 0.121 e. The maximum atomic E-state index is 5.39. The van der Waals surface area contributed by atoms with E-state index in [2.05, 4.69) is 28.6 Å². The third-order valence-electron chi connectivity index (χ3n) is 4.22. The van der Waals surface area contributed by atoms with E-state index >= 15 is 0 Å². The molecule has 0 unspecified atom stereocenters.